The third-order valence-corrected chi connectivity index (χ3v) is 12.3. The predicted octanol–water partition coefficient (Wildman–Crippen LogP) is 2.73. The Morgan fingerprint density at radius 3 is 0.848 bits per heavy atom. The van der Waals surface area contributed by atoms with E-state index in [1.54, 1.807) is 0 Å². The van der Waals surface area contributed by atoms with E-state index in [-0.39, 0.29) is 19.5 Å². The van der Waals surface area contributed by atoms with Gasteiger partial charge < -0.3 is 0 Å². The second-order valence-electron chi connectivity index (χ2n) is 10.3. The fourth-order valence-electron chi connectivity index (χ4n) is 5.49. The van der Waals surface area contributed by atoms with Gasteiger partial charge in [-0.2, -0.15) is 0 Å². The fourth-order valence-corrected chi connectivity index (χ4v) is 10.6. The van der Waals surface area contributed by atoms with E-state index in [2.05, 4.69) is 172 Å². The van der Waals surface area contributed by atoms with Crippen molar-refractivity contribution in [3.05, 3.63) is 169 Å². The van der Waals surface area contributed by atoms with E-state index in [1.165, 1.54) is 54.1 Å². The van der Waals surface area contributed by atoms with Gasteiger partial charge in [-0.1, -0.05) is 158 Å². The van der Waals surface area contributed by atoms with Gasteiger partial charge in [0.1, 0.15) is 0 Å². The predicted molar refractivity (Wildman–Crippen MR) is 179 cm³/mol. The van der Waals surface area contributed by atoms with Crippen LogP contribution in [0.15, 0.2) is 158 Å². The number of benzene rings is 6. The van der Waals surface area contributed by atoms with Gasteiger partial charge in [0.25, 0.3) is 0 Å². The van der Waals surface area contributed by atoms with Crippen LogP contribution in [0.1, 0.15) is 11.1 Å². The van der Waals surface area contributed by atoms with Gasteiger partial charge in [0.05, 0.1) is 0 Å². The molecule has 0 aliphatic carbocycles. The van der Waals surface area contributed by atoms with Crippen molar-refractivity contribution in [3.63, 3.8) is 0 Å². The topological polar surface area (TPSA) is 92.2 Å². The molecule has 234 valence electrons. The minimum absolute atomic E-state index is 0. The molecule has 0 atom stereocenters. The van der Waals surface area contributed by atoms with Crippen LogP contribution in [-0.2, 0) is 19.5 Å². The van der Waals surface area contributed by atoms with Crippen LogP contribution in [-0.4, -0.2) is 0 Å². The summed E-state index contributed by atoms with van der Waals surface area (Å²) in [7, 11) is -6.45. The van der Waals surface area contributed by atoms with E-state index in [4.69, 9.17) is 18.6 Å². The number of hydrogen-bond acceptors (Lipinski definition) is 4. The second kappa shape index (κ2) is 16.7. The normalized spacial score (nSPS) is 11.0. The van der Waals surface area contributed by atoms with E-state index < -0.39 is 26.1 Å². The average Bonchev–Trinajstić information content (AvgIpc) is 3.04. The van der Waals surface area contributed by atoms with Crippen molar-refractivity contribution in [1.29, 1.82) is 0 Å². The Balaban J connectivity index is 0.000000745. The summed E-state index contributed by atoms with van der Waals surface area (Å²) in [4.78, 5) is 0. The SMILES string of the molecule is Cc1cccc(P(c2ccccc2)c2ccccc2)c1-c1c(C)cccc1P(c1ccccc1)c1ccccc1.[O-][Cl+3]([O-])([O-])[O-].[Rh+]. The summed E-state index contributed by atoms with van der Waals surface area (Å²) >= 11 is 0. The molecule has 0 N–H and O–H groups in total. The first-order chi connectivity index (χ1) is 21.7. The van der Waals surface area contributed by atoms with Gasteiger partial charge in [0.15, 0.2) is 0 Å². The minimum atomic E-state index is -4.94. The number of halogens is 1. The summed E-state index contributed by atoms with van der Waals surface area (Å²) < 4.78 is 34.0. The van der Waals surface area contributed by atoms with Crippen molar-refractivity contribution in [2.45, 2.75) is 13.8 Å². The van der Waals surface area contributed by atoms with E-state index >= 15 is 0 Å². The van der Waals surface area contributed by atoms with Crippen molar-refractivity contribution >= 4 is 47.7 Å². The first kappa shape index (κ1) is 35.8. The van der Waals surface area contributed by atoms with Crippen LogP contribution >= 0.6 is 15.8 Å². The summed E-state index contributed by atoms with van der Waals surface area (Å²) in [6.07, 6.45) is 0. The maximum atomic E-state index is 8.49. The van der Waals surface area contributed by atoms with Crippen molar-refractivity contribution in [1.82, 2.24) is 0 Å². The van der Waals surface area contributed by atoms with E-state index in [9.17, 15) is 0 Å². The number of aryl methyl sites for hydroxylation is 2. The van der Waals surface area contributed by atoms with E-state index in [0.717, 1.165) is 0 Å². The van der Waals surface area contributed by atoms with E-state index in [1.807, 2.05) is 0 Å². The molecule has 0 fully saturated rings. The van der Waals surface area contributed by atoms with Crippen molar-refractivity contribution in [2.75, 3.05) is 0 Å². The molecular weight excluding hydrogens is 721 g/mol. The van der Waals surface area contributed by atoms with Gasteiger partial charge in [-0.15, -0.1) is 10.2 Å². The Morgan fingerprint density at radius 2 is 0.609 bits per heavy atom. The first-order valence-electron chi connectivity index (χ1n) is 14.3. The van der Waals surface area contributed by atoms with E-state index in [0.29, 0.717) is 0 Å². The van der Waals surface area contributed by atoms with Crippen LogP contribution in [0.3, 0.4) is 0 Å². The maximum Gasteiger partial charge on any atom is 1.00 e. The number of hydrogen-bond donors (Lipinski definition) is 0. The Morgan fingerprint density at radius 1 is 0.370 bits per heavy atom. The Hall–Kier alpha value is -3.07. The van der Waals surface area contributed by atoms with Gasteiger partial charge in [-0.3, -0.25) is 0 Å². The van der Waals surface area contributed by atoms with Gasteiger partial charge in [-0.05, 0) is 83.8 Å². The molecule has 0 saturated carbocycles. The summed E-state index contributed by atoms with van der Waals surface area (Å²) in [6, 6.07) is 58.0. The van der Waals surface area contributed by atoms with Crippen molar-refractivity contribution in [2.24, 2.45) is 0 Å². The molecule has 0 aliphatic heterocycles. The molecule has 0 amide bonds. The molecule has 0 aromatic heterocycles. The third kappa shape index (κ3) is 9.05. The molecule has 0 aliphatic rings. The molecule has 0 radical (unpaired) electrons. The second-order valence-corrected chi connectivity index (χ2v) is 15.5. The zero-order chi connectivity index (χ0) is 31.8. The average molecular weight is 753 g/mol. The summed E-state index contributed by atoms with van der Waals surface area (Å²) in [5.74, 6) is 0. The molecule has 0 bridgehead atoms. The van der Waals surface area contributed by atoms with Crippen LogP contribution in [0.25, 0.3) is 11.1 Å². The Labute approximate surface area is 288 Å². The zero-order valence-corrected chi connectivity index (χ0v) is 29.4. The van der Waals surface area contributed by atoms with Crippen LogP contribution < -0.4 is 50.5 Å². The van der Waals surface area contributed by atoms with Gasteiger partial charge in [0, 0.05) is 0 Å². The quantitative estimate of drug-likeness (QED) is 0.186. The molecule has 6 rings (SSSR count). The van der Waals surface area contributed by atoms with Crippen molar-refractivity contribution < 1.29 is 48.4 Å². The smallest absolute Gasteiger partial charge is 0.222 e. The van der Waals surface area contributed by atoms with Gasteiger partial charge in [0.2, 0.25) is 0 Å². The van der Waals surface area contributed by atoms with Crippen LogP contribution in [0, 0.1) is 24.1 Å². The molecule has 6 aromatic carbocycles. The van der Waals surface area contributed by atoms with Crippen LogP contribution in [0.4, 0.5) is 0 Å². The standard InChI is InChI=1S/C38H32P2.ClHO4.Rh/c1-29-17-15-27-35(39(31-19-7-3-8-20-31)32-21-9-4-10-22-32)37(29)38-30(2)18-16-28-36(38)40(33-23-11-5-12-24-33)34-25-13-6-14-26-34;2-1(3,4)5;/h3-28H,1-2H3;(H,2,3,4,5);/q;;+1/p-1. The van der Waals surface area contributed by atoms with Crippen LogP contribution in [0.2, 0.25) is 0 Å². The van der Waals surface area contributed by atoms with Crippen LogP contribution in [0.5, 0.6) is 0 Å². The molecule has 0 spiro atoms. The van der Waals surface area contributed by atoms with Gasteiger partial charge >= 0.3 is 19.5 Å². The number of rotatable bonds is 7. The first-order valence-corrected chi connectivity index (χ1v) is 18.3. The molecule has 46 heavy (non-hydrogen) atoms. The zero-order valence-electron chi connectivity index (χ0n) is 25.2. The molecule has 0 saturated heterocycles. The largest absolute Gasteiger partial charge is 1.00 e. The Kier molecular flexibility index (Phi) is 13.0. The maximum absolute atomic E-state index is 8.49. The molecule has 8 heteroatoms. The molecule has 0 heterocycles. The summed E-state index contributed by atoms with van der Waals surface area (Å²) in [5, 5.41) is 8.33. The third-order valence-electron chi connectivity index (χ3n) is 7.29. The molecule has 6 aromatic rings. The molecule has 4 nitrogen and oxygen atoms in total. The molecule has 0 unspecified atom stereocenters. The summed E-state index contributed by atoms with van der Waals surface area (Å²) in [6.45, 7) is 4.57. The summed E-state index contributed by atoms with van der Waals surface area (Å²) in [5.41, 5.74) is 5.41. The molecular formula is C38H32ClO4P2Rh. The monoisotopic (exact) mass is 752 g/mol. The Bertz CT molecular complexity index is 1610. The van der Waals surface area contributed by atoms with Crippen molar-refractivity contribution in [3.8, 4) is 11.1 Å². The fraction of sp³-hybridized carbons (Fsp3) is 0.0526. The van der Waals surface area contributed by atoms with Gasteiger partial charge in [-0.25, -0.2) is 18.6 Å². The minimum Gasteiger partial charge on any atom is -0.222 e.